The number of phenolic OH excluding ortho intramolecular Hbond substituents is 1. The predicted molar refractivity (Wildman–Crippen MR) is 71.5 cm³/mol. The number of likely N-dealkylation sites (tertiary alicyclic amines) is 1. The SMILES string of the molecule is C/C=C/C(=O)N1CCC(c2ccc(O)cc2)CC1. The van der Waals surface area contributed by atoms with E-state index in [-0.39, 0.29) is 5.91 Å². The highest BCUT2D eigenvalue weighted by molar-refractivity contribution is 5.87. The Hall–Kier alpha value is -1.77. The molecule has 0 atom stereocenters. The Bertz CT molecular complexity index is 428. The molecule has 1 saturated heterocycles. The minimum Gasteiger partial charge on any atom is -0.508 e. The number of carbonyl (C=O) groups is 1. The lowest BCUT2D eigenvalue weighted by atomic mass is 9.89. The average molecular weight is 245 g/mol. The first kappa shape index (κ1) is 12.7. The largest absolute Gasteiger partial charge is 0.508 e. The van der Waals surface area contributed by atoms with Gasteiger partial charge in [-0.25, -0.2) is 0 Å². The third-order valence-corrected chi connectivity index (χ3v) is 3.48. The summed E-state index contributed by atoms with van der Waals surface area (Å²) in [5.74, 6) is 0.918. The highest BCUT2D eigenvalue weighted by Gasteiger charge is 2.22. The molecule has 1 aromatic carbocycles. The molecule has 1 aromatic rings. The Labute approximate surface area is 108 Å². The minimum absolute atomic E-state index is 0.113. The molecule has 1 fully saturated rings. The average Bonchev–Trinajstić information content (AvgIpc) is 2.40. The summed E-state index contributed by atoms with van der Waals surface area (Å²) in [6, 6.07) is 7.41. The molecule has 2 rings (SSSR count). The number of nitrogens with zero attached hydrogens (tertiary/aromatic N) is 1. The van der Waals surface area contributed by atoms with E-state index in [0.717, 1.165) is 25.9 Å². The molecule has 3 nitrogen and oxygen atoms in total. The lowest BCUT2D eigenvalue weighted by Gasteiger charge is -2.31. The number of carbonyl (C=O) groups excluding carboxylic acids is 1. The molecule has 96 valence electrons. The van der Waals surface area contributed by atoms with E-state index in [1.807, 2.05) is 24.0 Å². The molecular formula is C15H19NO2. The van der Waals surface area contributed by atoms with Crippen molar-refractivity contribution in [2.75, 3.05) is 13.1 Å². The van der Waals surface area contributed by atoms with Crippen LogP contribution < -0.4 is 0 Å². The van der Waals surface area contributed by atoms with Crippen molar-refractivity contribution in [3.63, 3.8) is 0 Å². The summed E-state index contributed by atoms with van der Waals surface area (Å²) in [6.07, 6.45) is 5.40. The number of allylic oxidation sites excluding steroid dienone is 1. The second-order valence-corrected chi connectivity index (χ2v) is 4.69. The van der Waals surface area contributed by atoms with Crippen LogP contribution in [0.15, 0.2) is 36.4 Å². The highest BCUT2D eigenvalue weighted by atomic mass is 16.3. The number of phenols is 1. The molecule has 18 heavy (non-hydrogen) atoms. The molecule has 0 aliphatic carbocycles. The first-order chi connectivity index (χ1) is 8.70. The van der Waals surface area contributed by atoms with Crippen LogP contribution in [0.1, 0.15) is 31.2 Å². The molecule has 0 saturated carbocycles. The van der Waals surface area contributed by atoms with Crippen molar-refractivity contribution in [1.82, 2.24) is 4.90 Å². The number of piperidine rings is 1. The lowest BCUT2D eigenvalue weighted by Crippen LogP contribution is -2.36. The fourth-order valence-electron chi connectivity index (χ4n) is 2.43. The summed E-state index contributed by atoms with van der Waals surface area (Å²) in [5.41, 5.74) is 1.26. The monoisotopic (exact) mass is 245 g/mol. The zero-order chi connectivity index (χ0) is 13.0. The standard InChI is InChI=1S/C15H19NO2/c1-2-3-15(18)16-10-8-13(9-11-16)12-4-6-14(17)7-5-12/h2-7,13,17H,8-11H2,1H3/b3-2+. The van der Waals surface area contributed by atoms with Gasteiger partial charge in [0, 0.05) is 13.1 Å². The third kappa shape index (κ3) is 2.92. The minimum atomic E-state index is 0.113. The zero-order valence-corrected chi connectivity index (χ0v) is 10.7. The van der Waals surface area contributed by atoms with Crippen LogP contribution in [-0.2, 0) is 4.79 Å². The van der Waals surface area contributed by atoms with Gasteiger partial charge < -0.3 is 10.0 Å². The van der Waals surface area contributed by atoms with Gasteiger partial charge in [-0.15, -0.1) is 0 Å². The van der Waals surface area contributed by atoms with E-state index in [2.05, 4.69) is 0 Å². The fourth-order valence-corrected chi connectivity index (χ4v) is 2.43. The van der Waals surface area contributed by atoms with Crippen molar-refractivity contribution in [2.45, 2.75) is 25.7 Å². The van der Waals surface area contributed by atoms with Crippen LogP contribution >= 0.6 is 0 Å². The second kappa shape index (κ2) is 5.71. The van der Waals surface area contributed by atoms with Crippen LogP contribution in [-0.4, -0.2) is 29.0 Å². The van der Waals surface area contributed by atoms with E-state index in [9.17, 15) is 9.90 Å². The number of amides is 1. The molecule has 1 heterocycles. The highest BCUT2D eigenvalue weighted by Crippen LogP contribution is 2.29. The second-order valence-electron chi connectivity index (χ2n) is 4.69. The topological polar surface area (TPSA) is 40.5 Å². The quantitative estimate of drug-likeness (QED) is 0.814. The van der Waals surface area contributed by atoms with Gasteiger partial charge in [0.05, 0.1) is 0 Å². The number of rotatable bonds is 2. The van der Waals surface area contributed by atoms with Gasteiger partial charge in [0.25, 0.3) is 0 Å². The van der Waals surface area contributed by atoms with Crippen molar-refractivity contribution in [3.8, 4) is 5.75 Å². The summed E-state index contributed by atoms with van der Waals surface area (Å²) in [4.78, 5) is 13.6. The molecule has 1 aliphatic heterocycles. The van der Waals surface area contributed by atoms with E-state index in [1.54, 1.807) is 24.3 Å². The first-order valence-corrected chi connectivity index (χ1v) is 6.41. The smallest absolute Gasteiger partial charge is 0.246 e. The van der Waals surface area contributed by atoms with Crippen LogP contribution in [0.2, 0.25) is 0 Å². The van der Waals surface area contributed by atoms with Crippen molar-refractivity contribution in [2.24, 2.45) is 0 Å². The third-order valence-electron chi connectivity index (χ3n) is 3.48. The van der Waals surface area contributed by atoms with Crippen LogP contribution in [0.4, 0.5) is 0 Å². The number of hydrogen-bond acceptors (Lipinski definition) is 2. The van der Waals surface area contributed by atoms with Crippen molar-refractivity contribution < 1.29 is 9.90 Å². The van der Waals surface area contributed by atoms with Gasteiger partial charge in [0.2, 0.25) is 5.91 Å². The first-order valence-electron chi connectivity index (χ1n) is 6.41. The fraction of sp³-hybridized carbons (Fsp3) is 0.400. The number of hydrogen-bond donors (Lipinski definition) is 1. The molecule has 0 spiro atoms. The van der Waals surface area contributed by atoms with Crippen molar-refractivity contribution in [3.05, 3.63) is 42.0 Å². The molecule has 0 aromatic heterocycles. The Morgan fingerprint density at radius 1 is 1.28 bits per heavy atom. The van der Waals surface area contributed by atoms with Gasteiger partial charge in [-0.05, 0) is 49.5 Å². The van der Waals surface area contributed by atoms with Crippen molar-refractivity contribution in [1.29, 1.82) is 0 Å². The molecule has 1 amide bonds. The molecular weight excluding hydrogens is 226 g/mol. The molecule has 3 heteroatoms. The lowest BCUT2D eigenvalue weighted by molar-refractivity contribution is -0.127. The van der Waals surface area contributed by atoms with Gasteiger partial charge in [-0.3, -0.25) is 4.79 Å². The Morgan fingerprint density at radius 2 is 1.89 bits per heavy atom. The number of benzene rings is 1. The van der Waals surface area contributed by atoms with Crippen LogP contribution in [0, 0.1) is 0 Å². The van der Waals surface area contributed by atoms with E-state index >= 15 is 0 Å². The van der Waals surface area contributed by atoms with E-state index in [1.165, 1.54) is 5.56 Å². The van der Waals surface area contributed by atoms with E-state index in [4.69, 9.17) is 0 Å². The Balaban J connectivity index is 1.94. The predicted octanol–water partition coefficient (Wildman–Crippen LogP) is 2.67. The van der Waals surface area contributed by atoms with Crippen molar-refractivity contribution >= 4 is 5.91 Å². The molecule has 0 unspecified atom stereocenters. The Morgan fingerprint density at radius 3 is 2.44 bits per heavy atom. The maximum absolute atomic E-state index is 11.7. The summed E-state index contributed by atoms with van der Waals surface area (Å²) >= 11 is 0. The summed E-state index contributed by atoms with van der Waals surface area (Å²) < 4.78 is 0. The summed E-state index contributed by atoms with van der Waals surface area (Å²) in [6.45, 7) is 3.49. The van der Waals surface area contributed by atoms with Gasteiger partial charge >= 0.3 is 0 Å². The van der Waals surface area contributed by atoms with E-state index in [0.29, 0.717) is 11.7 Å². The molecule has 1 N–H and O–H groups in total. The normalized spacial score (nSPS) is 17.3. The van der Waals surface area contributed by atoms with Gasteiger partial charge in [-0.2, -0.15) is 0 Å². The van der Waals surface area contributed by atoms with Gasteiger partial charge in [-0.1, -0.05) is 18.2 Å². The molecule has 0 bridgehead atoms. The maximum Gasteiger partial charge on any atom is 0.246 e. The van der Waals surface area contributed by atoms with Crippen LogP contribution in [0.5, 0.6) is 5.75 Å². The zero-order valence-electron chi connectivity index (χ0n) is 10.7. The van der Waals surface area contributed by atoms with Gasteiger partial charge in [0.1, 0.15) is 5.75 Å². The van der Waals surface area contributed by atoms with Crippen LogP contribution in [0.3, 0.4) is 0 Å². The summed E-state index contributed by atoms with van der Waals surface area (Å²) in [5, 5.41) is 9.27. The number of aromatic hydroxyl groups is 1. The van der Waals surface area contributed by atoms with Gasteiger partial charge in [0.15, 0.2) is 0 Å². The van der Waals surface area contributed by atoms with Crippen LogP contribution in [0.25, 0.3) is 0 Å². The maximum atomic E-state index is 11.7. The Kier molecular flexibility index (Phi) is 4.03. The molecule has 0 radical (unpaired) electrons. The summed E-state index contributed by atoms with van der Waals surface area (Å²) in [7, 11) is 0. The molecule has 1 aliphatic rings. The van der Waals surface area contributed by atoms with E-state index < -0.39 is 0 Å².